The average Bonchev–Trinajstić information content (AvgIpc) is 2.81. The number of carbonyl (C=O) groups is 1. The number of halogens is 3. The molecule has 100 valence electrons. The van der Waals surface area contributed by atoms with E-state index in [-0.39, 0.29) is 11.7 Å². The fourth-order valence-corrected chi connectivity index (χ4v) is 2.35. The zero-order chi connectivity index (χ0) is 13.3. The van der Waals surface area contributed by atoms with Gasteiger partial charge in [-0.2, -0.15) is 13.2 Å². The molecule has 0 aliphatic heterocycles. The molecule has 0 saturated heterocycles. The Morgan fingerprint density at radius 2 is 2.06 bits per heavy atom. The average molecular weight is 262 g/mol. The highest BCUT2D eigenvalue weighted by Crippen LogP contribution is 2.36. The molecule has 0 spiro atoms. The lowest BCUT2D eigenvalue weighted by molar-refractivity contribution is -0.141. The van der Waals surface area contributed by atoms with Gasteiger partial charge in [0.1, 0.15) is 12.4 Å². The number of imidazole rings is 1. The Morgan fingerprint density at radius 3 is 2.56 bits per heavy atom. The highest BCUT2D eigenvalue weighted by atomic mass is 19.4. The predicted molar refractivity (Wildman–Crippen MR) is 56.1 cm³/mol. The molecule has 4 nitrogen and oxygen atoms in total. The third kappa shape index (κ3) is 2.65. The maximum absolute atomic E-state index is 12.6. The van der Waals surface area contributed by atoms with Crippen LogP contribution in [0.15, 0.2) is 6.20 Å². The second-order valence-electron chi connectivity index (χ2n) is 4.49. The van der Waals surface area contributed by atoms with Crippen LogP contribution in [0.4, 0.5) is 13.2 Å². The lowest BCUT2D eigenvalue weighted by Gasteiger charge is -2.10. The number of aromatic nitrogens is 2. The first-order valence-corrected chi connectivity index (χ1v) is 5.74. The maximum Gasteiger partial charge on any atom is 0.434 e. The van der Waals surface area contributed by atoms with E-state index in [0.29, 0.717) is 0 Å². The highest BCUT2D eigenvalue weighted by Gasteiger charge is 2.36. The highest BCUT2D eigenvalue weighted by molar-refractivity contribution is 5.66. The Balaban J connectivity index is 2.35. The van der Waals surface area contributed by atoms with Gasteiger partial charge in [-0.3, -0.25) is 4.79 Å². The summed E-state index contributed by atoms with van der Waals surface area (Å²) < 4.78 is 38.9. The van der Waals surface area contributed by atoms with E-state index in [4.69, 9.17) is 5.11 Å². The van der Waals surface area contributed by atoms with Gasteiger partial charge in [0.25, 0.3) is 0 Å². The Bertz CT molecular complexity index is 448. The molecule has 1 aliphatic carbocycles. The number of carboxylic acids is 1. The monoisotopic (exact) mass is 262 g/mol. The first-order chi connectivity index (χ1) is 8.38. The smallest absolute Gasteiger partial charge is 0.434 e. The third-order valence-electron chi connectivity index (χ3n) is 3.12. The van der Waals surface area contributed by atoms with Crippen LogP contribution in [0.5, 0.6) is 0 Å². The van der Waals surface area contributed by atoms with Gasteiger partial charge in [-0.1, -0.05) is 12.8 Å². The van der Waals surface area contributed by atoms with Gasteiger partial charge in [-0.15, -0.1) is 0 Å². The van der Waals surface area contributed by atoms with E-state index < -0.39 is 24.4 Å². The second kappa shape index (κ2) is 4.62. The molecule has 1 N–H and O–H groups in total. The molecule has 1 aromatic rings. The van der Waals surface area contributed by atoms with Gasteiger partial charge in [-0.05, 0) is 12.8 Å². The van der Waals surface area contributed by atoms with Crippen molar-refractivity contribution < 1.29 is 23.1 Å². The number of aliphatic carboxylic acids is 1. The van der Waals surface area contributed by atoms with Crippen LogP contribution < -0.4 is 0 Å². The summed E-state index contributed by atoms with van der Waals surface area (Å²) >= 11 is 0. The molecule has 1 heterocycles. The van der Waals surface area contributed by atoms with Gasteiger partial charge in [0.05, 0.1) is 0 Å². The molecule has 1 fully saturated rings. The largest absolute Gasteiger partial charge is 0.480 e. The van der Waals surface area contributed by atoms with Crippen LogP contribution in [-0.4, -0.2) is 20.6 Å². The van der Waals surface area contributed by atoms with E-state index in [9.17, 15) is 18.0 Å². The Hall–Kier alpha value is -1.53. The molecule has 0 amide bonds. The molecule has 0 atom stereocenters. The Kier molecular flexibility index (Phi) is 3.32. The molecule has 0 unspecified atom stereocenters. The fraction of sp³-hybridized carbons (Fsp3) is 0.636. The van der Waals surface area contributed by atoms with E-state index in [1.807, 2.05) is 0 Å². The van der Waals surface area contributed by atoms with Crippen LogP contribution >= 0.6 is 0 Å². The van der Waals surface area contributed by atoms with Gasteiger partial charge < -0.3 is 9.67 Å². The minimum atomic E-state index is -4.53. The Labute approximate surface area is 101 Å². The molecule has 0 bridgehead atoms. The first-order valence-electron chi connectivity index (χ1n) is 5.74. The normalized spacial score (nSPS) is 17.3. The lowest BCUT2D eigenvalue weighted by atomic mass is 10.1. The van der Waals surface area contributed by atoms with Gasteiger partial charge in [0, 0.05) is 12.1 Å². The minimum Gasteiger partial charge on any atom is -0.480 e. The zero-order valence-electron chi connectivity index (χ0n) is 9.57. The summed E-state index contributed by atoms with van der Waals surface area (Å²) in [6, 6.07) is 0. The second-order valence-corrected chi connectivity index (χ2v) is 4.49. The van der Waals surface area contributed by atoms with Crippen molar-refractivity contribution in [3.8, 4) is 0 Å². The van der Waals surface area contributed by atoms with Crippen LogP contribution in [0.25, 0.3) is 0 Å². The van der Waals surface area contributed by atoms with Crippen LogP contribution in [0.3, 0.4) is 0 Å². The molecule has 1 aromatic heterocycles. The van der Waals surface area contributed by atoms with Gasteiger partial charge in [-0.25, -0.2) is 4.98 Å². The molecule has 2 rings (SSSR count). The quantitative estimate of drug-likeness (QED) is 0.911. The molecule has 0 radical (unpaired) electrons. The molecular weight excluding hydrogens is 249 g/mol. The molecule has 0 aromatic carbocycles. The SMILES string of the molecule is O=C(O)Cn1cc(C(F)(F)F)nc1C1CCCC1. The fourth-order valence-electron chi connectivity index (χ4n) is 2.35. The van der Waals surface area contributed by atoms with Crippen molar-refractivity contribution in [3.63, 3.8) is 0 Å². The van der Waals surface area contributed by atoms with Crippen molar-refractivity contribution >= 4 is 5.97 Å². The van der Waals surface area contributed by atoms with Crippen molar-refractivity contribution in [3.05, 3.63) is 17.7 Å². The van der Waals surface area contributed by atoms with Gasteiger partial charge in [0.15, 0.2) is 5.69 Å². The summed E-state index contributed by atoms with van der Waals surface area (Å²) in [4.78, 5) is 14.3. The zero-order valence-corrected chi connectivity index (χ0v) is 9.57. The predicted octanol–water partition coefficient (Wildman–Crippen LogP) is 2.64. The lowest BCUT2D eigenvalue weighted by Crippen LogP contribution is -2.12. The van der Waals surface area contributed by atoms with Gasteiger partial charge >= 0.3 is 12.1 Å². The standard InChI is InChI=1S/C11H13F3N2O2/c12-11(13,14)8-5-16(6-9(17)18)10(15-8)7-3-1-2-4-7/h5,7H,1-4,6H2,(H,17,18). The number of hydrogen-bond acceptors (Lipinski definition) is 2. The van der Waals surface area contributed by atoms with E-state index >= 15 is 0 Å². The summed E-state index contributed by atoms with van der Waals surface area (Å²) in [6.45, 7) is -0.477. The van der Waals surface area contributed by atoms with E-state index in [1.165, 1.54) is 0 Å². The minimum absolute atomic E-state index is 0.0551. The molecular formula is C11H13F3N2O2. The topological polar surface area (TPSA) is 55.1 Å². The molecule has 7 heteroatoms. The number of alkyl halides is 3. The van der Waals surface area contributed by atoms with Crippen molar-refractivity contribution in [1.29, 1.82) is 0 Å². The van der Waals surface area contributed by atoms with E-state index in [2.05, 4.69) is 4.98 Å². The molecule has 1 saturated carbocycles. The van der Waals surface area contributed by atoms with Crippen LogP contribution in [0.1, 0.15) is 43.1 Å². The van der Waals surface area contributed by atoms with Crippen LogP contribution in [0, 0.1) is 0 Å². The van der Waals surface area contributed by atoms with E-state index in [1.54, 1.807) is 0 Å². The van der Waals surface area contributed by atoms with Crippen LogP contribution in [-0.2, 0) is 17.5 Å². The Morgan fingerprint density at radius 1 is 1.44 bits per heavy atom. The summed E-state index contributed by atoms with van der Waals surface area (Å²) in [5.41, 5.74) is -1.01. The summed E-state index contributed by atoms with van der Waals surface area (Å²) in [7, 11) is 0. The van der Waals surface area contributed by atoms with Crippen molar-refractivity contribution in [2.24, 2.45) is 0 Å². The summed E-state index contributed by atoms with van der Waals surface area (Å²) in [5.74, 6) is -0.969. The van der Waals surface area contributed by atoms with Crippen molar-refractivity contribution in [2.75, 3.05) is 0 Å². The summed E-state index contributed by atoms with van der Waals surface area (Å²) in [6.07, 6.45) is -0.293. The van der Waals surface area contributed by atoms with E-state index in [0.717, 1.165) is 36.4 Å². The maximum atomic E-state index is 12.6. The third-order valence-corrected chi connectivity index (χ3v) is 3.12. The van der Waals surface area contributed by atoms with Crippen molar-refractivity contribution in [2.45, 2.75) is 44.3 Å². The number of hydrogen-bond donors (Lipinski definition) is 1. The molecule has 18 heavy (non-hydrogen) atoms. The summed E-state index contributed by atoms with van der Waals surface area (Å²) in [5, 5.41) is 8.72. The van der Waals surface area contributed by atoms with Gasteiger partial charge in [0.2, 0.25) is 0 Å². The number of nitrogens with zero attached hydrogens (tertiary/aromatic N) is 2. The first kappa shape index (κ1) is 12.9. The van der Waals surface area contributed by atoms with Crippen LogP contribution in [0.2, 0.25) is 0 Å². The van der Waals surface area contributed by atoms with Crippen molar-refractivity contribution in [1.82, 2.24) is 9.55 Å². The number of rotatable bonds is 3. The number of carboxylic acid groups (broad SMARTS) is 1. The molecule has 1 aliphatic rings.